The van der Waals surface area contributed by atoms with Crippen LogP contribution in [0.5, 0.6) is 11.6 Å². The highest BCUT2D eigenvalue weighted by Crippen LogP contribution is 2.19. The van der Waals surface area contributed by atoms with Crippen LogP contribution in [-0.4, -0.2) is 16.1 Å². The van der Waals surface area contributed by atoms with E-state index >= 15 is 0 Å². The van der Waals surface area contributed by atoms with E-state index in [1.807, 2.05) is 31.2 Å². The largest absolute Gasteiger partial charge is 0.439 e. The van der Waals surface area contributed by atoms with Gasteiger partial charge in [-0.2, -0.15) is 0 Å². The molecule has 1 aromatic heterocycles. The molecule has 0 radical (unpaired) electrons. The van der Waals surface area contributed by atoms with Crippen LogP contribution in [0.2, 0.25) is 0 Å². The number of amides is 1. The van der Waals surface area contributed by atoms with Crippen molar-refractivity contribution in [3.8, 4) is 11.6 Å². The summed E-state index contributed by atoms with van der Waals surface area (Å²) in [5, 5.41) is 8.46. The van der Waals surface area contributed by atoms with Crippen LogP contribution < -0.4 is 10.2 Å². The summed E-state index contributed by atoms with van der Waals surface area (Å²) in [5.41, 5.74) is 2.94. The first kappa shape index (κ1) is 12.1. The van der Waals surface area contributed by atoms with E-state index in [1.165, 1.54) is 17.7 Å². The average Bonchev–Trinajstić information content (AvgIpc) is 2.41. The minimum absolute atomic E-state index is 0.258. The number of nitrogens with one attached hydrogen (secondary N) is 1. The topological polar surface area (TPSA) is 71.5 Å². The smallest absolute Gasteiger partial charge is 0.276 e. The first-order valence-electron chi connectivity index (χ1n) is 5.34. The Morgan fingerprint density at radius 1 is 1.22 bits per heavy atom. The zero-order valence-corrected chi connectivity index (χ0v) is 9.75. The Morgan fingerprint density at radius 2 is 1.94 bits per heavy atom. The highest BCUT2D eigenvalue weighted by atomic mass is 16.5. The quantitative estimate of drug-likeness (QED) is 0.642. The van der Waals surface area contributed by atoms with Gasteiger partial charge in [0, 0.05) is 12.3 Å². The summed E-state index contributed by atoms with van der Waals surface area (Å²) in [5.74, 6) is 0.449. The third kappa shape index (κ3) is 2.83. The molecule has 5 nitrogen and oxygen atoms in total. The summed E-state index contributed by atoms with van der Waals surface area (Å²) >= 11 is 0. The fraction of sp³-hybridized carbons (Fsp3) is 0.0769. The molecule has 1 amide bonds. The van der Waals surface area contributed by atoms with Gasteiger partial charge < -0.3 is 4.74 Å². The lowest BCUT2D eigenvalue weighted by atomic mass is 10.2. The van der Waals surface area contributed by atoms with Gasteiger partial charge in [-0.1, -0.05) is 17.7 Å². The molecule has 0 aliphatic heterocycles. The predicted molar refractivity (Wildman–Crippen MR) is 64.7 cm³/mol. The molecule has 92 valence electrons. The van der Waals surface area contributed by atoms with Crippen molar-refractivity contribution < 1.29 is 14.7 Å². The van der Waals surface area contributed by atoms with E-state index in [0.717, 1.165) is 5.56 Å². The molecule has 0 spiro atoms. The molecule has 0 fully saturated rings. The number of carbonyl (C=O) groups excluding carboxylic acids is 1. The van der Waals surface area contributed by atoms with Crippen LogP contribution >= 0.6 is 0 Å². The fourth-order valence-electron chi connectivity index (χ4n) is 1.37. The zero-order valence-electron chi connectivity index (χ0n) is 9.75. The van der Waals surface area contributed by atoms with Crippen molar-refractivity contribution in [2.24, 2.45) is 0 Å². The van der Waals surface area contributed by atoms with E-state index in [-0.39, 0.29) is 5.56 Å². The lowest BCUT2D eigenvalue weighted by Gasteiger charge is -2.05. The van der Waals surface area contributed by atoms with Crippen LogP contribution in [0, 0.1) is 6.92 Å². The molecule has 0 bridgehead atoms. The third-order valence-corrected chi connectivity index (χ3v) is 2.34. The molecule has 0 atom stereocenters. The van der Waals surface area contributed by atoms with Crippen molar-refractivity contribution in [3.63, 3.8) is 0 Å². The van der Waals surface area contributed by atoms with Crippen molar-refractivity contribution in [2.45, 2.75) is 6.92 Å². The molecule has 1 aromatic carbocycles. The van der Waals surface area contributed by atoms with E-state index in [2.05, 4.69) is 4.98 Å². The standard InChI is InChI=1S/C13H12N2O3/c1-9-2-5-11(6-3-9)18-12-7-4-10(8-14-12)13(16)15-17/h2-8,17H,1H3,(H,15,16). The number of ether oxygens (including phenoxy) is 1. The van der Waals surface area contributed by atoms with E-state index < -0.39 is 5.91 Å². The van der Waals surface area contributed by atoms with E-state index in [0.29, 0.717) is 11.6 Å². The Labute approximate surface area is 104 Å². The van der Waals surface area contributed by atoms with Gasteiger partial charge in [0.05, 0.1) is 5.56 Å². The number of benzene rings is 1. The Balaban J connectivity index is 2.10. The number of nitrogens with zero attached hydrogens (tertiary/aromatic N) is 1. The van der Waals surface area contributed by atoms with Crippen molar-refractivity contribution >= 4 is 5.91 Å². The Bertz CT molecular complexity index is 535. The Hall–Kier alpha value is -2.40. The van der Waals surface area contributed by atoms with Crippen LogP contribution in [0.25, 0.3) is 0 Å². The number of hydrogen-bond donors (Lipinski definition) is 2. The first-order valence-corrected chi connectivity index (χ1v) is 5.34. The summed E-state index contributed by atoms with van der Waals surface area (Å²) in [6.07, 6.45) is 1.33. The lowest BCUT2D eigenvalue weighted by molar-refractivity contribution is 0.0706. The van der Waals surface area contributed by atoms with Gasteiger partial charge >= 0.3 is 0 Å². The van der Waals surface area contributed by atoms with Crippen LogP contribution in [0.4, 0.5) is 0 Å². The maximum Gasteiger partial charge on any atom is 0.276 e. The molecule has 2 rings (SSSR count). The van der Waals surface area contributed by atoms with Gasteiger partial charge in [-0.15, -0.1) is 0 Å². The van der Waals surface area contributed by atoms with Crippen LogP contribution in [0.15, 0.2) is 42.6 Å². The minimum atomic E-state index is -0.607. The molecule has 0 aliphatic rings. The van der Waals surface area contributed by atoms with E-state index in [4.69, 9.17) is 9.94 Å². The maximum absolute atomic E-state index is 11.1. The normalized spacial score (nSPS) is 9.89. The van der Waals surface area contributed by atoms with E-state index in [9.17, 15) is 4.79 Å². The van der Waals surface area contributed by atoms with Crippen molar-refractivity contribution in [1.82, 2.24) is 10.5 Å². The fourth-order valence-corrected chi connectivity index (χ4v) is 1.37. The number of aromatic nitrogens is 1. The van der Waals surface area contributed by atoms with E-state index in [1.54, 1.807) is 6.07 Å². The van der Waals surface area contributed by atoms with Gasteiger partial charge in [0.25, 0.3) is 5.91 Å². The number of carbonyl (C=O) groups is 1. The van der Waals surface area contributed by atoms with Crippen molar-refractivity contribution in [3.05, 3.63) is 53.7 Å². The van der Waals surface area contributed by atoms with Crippen LogP contribution in [0.3, 0.4) is 0 Å². The SMILES string of the molecule is Cc1ccc(Oc2ccc(C(=O)NO)cn2)cc1. The molecule has 18 heavy (non-hydrogen) atoms. The molecule has 2 N–H and O–H groups in total. The summed E-state index contributed by atoms with van der Waals surface area (Å²) in [6, 6.07) is 10.6. The number of aryl methyl sites for hydroxylation is 1. The second kappa shape index (κ2) is 5.29. The van der Waals surface area contributed by atoms with Gasteiger partial charge in [0.15, 0.2) is 0 Å². The summed E-state index contributed by atoms with van der Waals surface area (Å²) < 4.78 is 5.50. The molecular weight excluding hydrogens is 232 g/mol. The number of pyridine rings is 1. The Morgan fingerprint density at radius 3 is 2.50 bits per heavy atom. The number of rotatable bonds is 3. The van der Waals surface area contributed by atoms with Crippen LogP contribution in [-0.2, 0) is 0 Å². The number of hydrogen-bond acceptors (Lipinski definition) is 4. The van der Waals surface area contributed by atoms with Gasteiger partial charge in [-0.25, -0.2) is 10.5 Å². The predicted octanol–water partition coefficient (Wildman–Crippen LogP) is 2.30. The van der Waals surface area contributed by atoms with Crippen LogP contribution in [0.1, 0.15) is 15.9 Å². The first-order chi connectivity index (χ1) is 8.69. The van der Waals surface area contributed by atoms with Gasteiger partial charge in [-0.3, -0.25) is 10.0 Å². The summed E-state index contributed by atoms with van der Waals surface area (Å²) in [6.45, 7) is 1.99. The molecule has 0 saturated carbocycles. The second-order valence-electron chi connectivity index (χ2n) is 3.74. The van der Waals surface area contributed by atoms with Gasteiger partial charge in [0.2, 0.25) is 5.88 Å². The summed E-state index contributed by atoms with van der Waals surface area (Å²) in [4.78, 5) is 15.0. The lowest BCUT2D eigenvalue weighted by Crippen LogP contribution is -2.18. The molecule has 2 aromatic rings. The highest BCUT2D eigenvalue weighted by molar-refractivity contribution is 5.92. The average molecular weight is 244 g/mol. The van der Waals surface area contributed by atoms with Gasteiger partial charge in [-0.05, 0) is 25.1 Å². The molecule has 0 unspecified atom stereocenters. The third-order valence-electron chi connectivity index (χ3n) is 2.34. The summed E-state index contributed by atoms with van der Waals surface area (Å²) in [7, 11) is 0. The molecule has 0 saturated heterocycles. The highest BCUT2D eigenvalue weighted by Gasteiger charge is 2.05. The monoisotopic (exact) mass is 244 g/mol. The Kier molecular flexibility index (Phi) is 3.54. The molecule has 0 aliphatic carbocycles. The van der Waals surface area contributed by atoms with Crippen molar-refractivity contribution in [1.29, 1.82) is 0 Å². The molecule has 5 heteroatoms. The maximum atomic E-state index is 11.1. The molecule has 1 heterocycles. The second-order valence-corrected chi connectivity index (χ2v) is 3.74. The molecular formula is C13H12N2O3. The zero-order chi connectivity index (χ0) is 13.0. The van der Waals surface area contributed by atoms with Crippen molar-refractivity contribution in [2.75, 3.05) is 0 Å². The van der Waals surface area contributed by atoms with Gasteiger partial charge in [0.1, 0.15) is 5.75 Å². The minimum Gasteiger partial charge on any atom is -0.439 e. The number of hydroxylamine groups is 1.